The van der Waals surface area contributed by atoms with Gasteiger partial charge in [-0.15, -0.1) is 0 Å². The fourth-order valence-electron chi connectivity index (χ4n) is 4.12. The number of hydrogen-bond donors (Lipinski definition) is 3. The second-order valence-electron chi connectivity index (χ2n) is 9.34. The summed E-state index contributed by atoms with van der Waals surface area (Å²) in [6.45, 7) is 6.84. The normalized spacial score (nSPS) is 16.2. The van der Waals surface area contributed by atoms with E-state index in [1.807, 2.05) is 18.7 Å². The maximum atomic E-state index is 13.0. The summed E-state index contributed by atoms with van der Waals surface area (Å²) in [5.41, 5.74) is 4.45. The first-order chi connectivity index (χ1) is 17.5. The second-order valence-corrected chi connectivity index (χ2v) is 9.34. The minimum atomic E-state index is -0.617. The van der Waals surface area contributed by atoms with Crippen LogP contribution in [0.5, 0.6) is 11.5 Å². The van der Waals surface area contributed by atoms with Crippen LogP contribution in [-0.2, 0) is 4.79 Å². The number of aromatic nitrogens is 3. The number of carbonyl (C=O) groups excluding carboxylic acids is 2. The summed E-state index contributed by atoms with van der Waals surface area (Å²) in [5.74, 6) is 0.0501. The third kappa shape index (κ3) is 5.92. The minimum Gasteiger partial charge on any atom is -0.456 e. The van der Waals surface area contributed by atoms with E-state index in [0.29, 0.717) is 37.0 Å². The first-order valence-electron chi connectivity index (χ1n) is 11.6. The molecule has 1 aromatic carbocycles. The molecule has 4 rings (SSSR count). The lowest BCUT2D eigenvalue weighted by molar-refractivity contribution is -0.122. The van der Waals surface area contributed by atoms with Gasteiger partial charge in [-0.2, -0.15) is 0 Å². The zero-order chi connectivity index (χ0) is 26.7. The largest absolute Gasteiger partial charge is 0.456 e. The molecule has 4 N–H and O–H groups in total. The highest BCUT2D eigenvalue weighted by atomic mass is 19.1. The van der Waals surface area contributed by atoms with Crippen LogP contribution < -0.4 is 21.3 Å². The molecular weight excluding hydrogens is 481 g/mol. The molecular formula is C25H28FN7O4. The van der Waals surface area contributed by atoms with Crippen molar-refractivity contribution in [2.75, 3.05) is 30.7 Å². The molecule has 3 aromatic rings. The van der Waals surface area contributed by atoms with Gasteiger partial charge in [0, 0.05) is 25.8 Å². The molecule has 194 valence electrons. The zero-order valence-corrected chi connectivity index (χ0v) is 20.7. The summed E-state index contributed by atoms with van der Waals surface area (Å²) in [7, 11) is 0. The molecule has 12 heteroatoms. The number of pyridine rings is 1. The number of carbonyl (C=O) groups is 2. The van der Waals surface area contributed by atoms with Crippen LogP contribution >= 0.6 is 0 Å². The van der Waals surface area contributed by atoms with Crippen LogP contribution in [0.25, 0.3) is 0 Å². The highest BCUT2D eigenvalue weighted by molar-refractivity contribution is 5.94. The number of nitrogens with zero attached hydrogens (tertiary/aromatic N) is 4. The molecule has 0 aliphatic carbocycles. The predicted octanol–water partition coefficient (Wildman–Crippen LogP) is 2.24. The maximum Gasteiger partial charge on any atom is 0.290 e. The van der Waals surface area contributed by atoms with Crippen LogP contribution in [0, 0.1) is 5.82 Å². The average molecular weight is 510 g/mol. The number of aromatic amines is 1. The molecule has 37 heavy (non-hydrogen) atoms. The summed E-state index contributed by atoms with van der Waals surface area (Å²) in [6.07, 6.45) is 2.72. The van der Waals surface area contributed by atoms with Gasteiger partial charge in [-0.1, -0.05) is 0 Å². The molecule has 1 aliphatic rings. The van der Waals surface area contributed by atoms with Crippen LogP contribution in [0.4, 0.5) is 16.0 Å². The Morgan fingerprint density at radius 3 is 2.49 bits per heavy atom. The Hall–Kier alpha value is -4.32. The Morgan fingerprint density at radius 2 is 1.86 bits per heavy atom. The number of amides is 2. The van der Waals surface area contributed by atoms with E-state index in [9.17, 15) is 18.8 Å². The van der Waals surface area contributed by atoms with Gasteiger partial charge in [-0.05, 0) is 57.2 Å². The van der Waals surface area contributed by atoms with E-state index in [0.717, 1.165) is 0 Å². The van der Waals surface area contributed by atoms with Crippen LogP contribution in [0.2, 0.25) is 0 Å². The topological polar surface area (TPSA) is 147 Å². The molecule has 2 amide bonds. The van der Waals surface area contributed by atoms with Crippen molar-refractivity contribution in [2.24, 2.45) is 0 Å². The van der Waals surface area contributed by atoms with E-state index in [-0.39, 0.29) is 29.1 Å². The van der Waals surface area contributed by atoms with Crippen molar-refractivity contribution in [1.82, 2.24) is 24.8 Å². The highest BCUT2D eigenvalue weighted by Crippen LogP contribution is 2.25. The van der Waals surface area contributed by atoms with Crippen LogP contribution in [0.1, 0.15) is 31.3 Å². The number of nitrogens with two attached hydrogens (primary N) is 1. The second kappa shape index (κ2) is 10.3. The number of anilines is 2. The number of benzene rings is 1. The van der Waals surface area contributed by atoms with Crippen molar-refractivity contribution < 1.29 is 18.7 Å². The third-order valence-electron chi connectivity index (χ3n) is 6.17. The van der Waals surface area contributed by atoms with Crippen molar-refractivity contribution in [3.05, 3.63) is 70.7 Å². The first-order valence-corrected chi connectivity index (χ1v) is 11.6. The van der Waals surface area contributed by atoms with E-state index < -0.39 is 17.1 Å². The van der Waals surface area contributed by atoms with Crippen molar-refractivity contribution in [3.8, 4) is 11.5 Å². The number of H-pyrrole nitrogens is 1. The molecule has 3 heterocycles. The lowest BCUT2D eigenvalue weighted by Gasteiger charge is -2.48. The minimum absolute atomic E-state index is 0.0577. The fraction of sp³-hybridized carbons (Fsp3) is 0.320. The van der Waals surface area contributed by atoms with Gasteiger partial charge in [0.1, 0.15) is 28.8 Å². The Labute approximate surface area is 212 Å². The molecule has 0 bridgehead atoms. The van der Waals surface area contributed by atoms with Gasteiger partial charge in [-0.3, -0.25) is 19.3 Å². The molecule has 2 aromatic heterocycles. The first kappa shape index (κ1) is 25.8. The van der Waals surface area contributed by atoms with Crippen molar-refractivity contribution in [2.45, 2.75) is 32.4 Å². The van der Waals surface area contributed by atoms with Gasteiger partial charge in [0.2, 0.25) is 5.91 Å². The lowest BCUT2D eigenvalue weighted by atomic mass is 9.97. The standard InChI is InChI=1S/C25H28FN7O4/c1-15(22(34)31-20-9-8-18(12-28-20)37-17-6-4-16(26)5-7-17)32-10-11-33(25(2,3)14-32)24(36)19-13-29-23(35)21(27)30-19/h4-9,12-13,15H,10-11,14H2,1-3H3,(H2,27,30)(H,29,35)(H,28,31,34)/t15-/m0/s1. The smallest absolute Gasteiger partial charge is 0.290 e. The Morgan fingerprint density at radius 1 is 1.16 bits per heavy atom. The molecule has 1 atom stereocenters. The van der Waals surface area contributed by atoms with Crippen LogP contribution in [-0.4, -0.2) is 67.8 Å². The van der Waals surface area contributed by atoms with E-state index >= 15 is 0 Å². The molecule has 0 unspecified atom stereocenters. The van der Waals surface area contributed by atoms with Crippen molar-refractivity contribution in [1.29, 1.82) is 0 Å². The van der Waals surface area contributed by atoms with Gasteiger partial charge >= 0.3 is 0 Å². The third-order valence-corrected chi connectivity index (χ3v) is 6.17. The highest BCUT2D eigenvalue weighted by Gasteiger charge is 2.40. The quantitative estimate of drug-likeness (QED) is 0.459. The Balaban J connectivity index is 1.35. The number of nitrogens with one attached hydrogen (secondary N) is 2. The summed E-state index contributed by atoms with van der Waals surface area (Å²) in [6, 6.07) is 8.39. The summed E-state index contributed by atoms with van der Waals surface area (Å²) < 4.78 is 18.7. The molecule has 1 aliphatic heterocycles. The number of rotatable bonds is 6. The Kier molecular flexibility index (Phi) is 7.21. The van der Waals surface area contributed by atoms with E-state index in [2.05, 4.69) is 20.3 Å². The van der Waals surface area contributed by atoms with Gasteiger partial charge in [0.25, 0.3) is 11.5 Å². The van der Waals surface area contributed by atoms with Crippen molar-refractivity contribution in [3.63, 3.8) is 0 Å². The number of halogens is 1. The molecule has 0 spiro atoms. The van der Waals surface area contributed by atoms with Gasteiger partial charge < -0.3 is 25.7 Å². The van der Waals surface area contributed by atoms with Crippen LogP contribution in [0.15, 0.2) is 53.6 Å². The molecule has 0 saturated carbocycles. The van der Waals surface area contributed by atoms with Crippen LogP contribution in [0.3, 0.4) is 0 Å². The lowest BCUT2D eigenvalue weighted by Crippen LogP contribution is -2.63. The SMILES string of the molecule is C[C@@H](C(=O)Nc1ccc(Oc2ccc(F)cc2)cn1)N1CCN(C(=O)c2c[nH]c(=O)c(N)n2)C(C)(C)C1. The molecule has 1 fully saturated rings. The summed E-state index contributed by atoms with van der Waals surface area (Å²) in [5, 5.41) is 2.80. The predicted molar refractivity (Wildman–Crippen MR) is 135 cm³/mol. The van der Waals surface area contributed by atoms with Gasteiger partial charge in [0.15, 0.2) is 5.82 Å². The number of hydrogen-bond acceptors (Lipinski definition) is 8. The van der Waals surface area contributed by atoms with E-state index in [1.54, 1.807) is 24.0 Å². The van der Waals surface area contributed by atoms with E-state index in [4.69, 9.17) is 10.5 Å². The maximum absolute atomic E-state index is 13.0. The molecule has 0 radical (unpaired) electrons. The molecule has 1 saturated heterocycles. The zero-order valence-electron chi connectivity index (χ0n) is 20.7. The van der Waals surface area contributed by atoms with Gasteiger partial charge in [0.05, 0.1) is 17.8 Å². The number of piperazine rings is 1. The molecule has 11 nitrogen and oxygen atoms in total. The number of nitrogen functional groups attached to an aromatic ring is 1. The monoisotopic (exact) mass is 509 g/mol. The van der Waals surface area contributed by atoms with Gasteiger partial charge in [-0.25, -0.2) is 14.4 Å². The average Bonchev–Trinajstić information content (AvgIpc) is 2.86. The van der Waals surface area contributed by atoms with E-state index in [1.165, 1.54) is 36.7 Å². The van der Waals surface area contributed by atoms with Crippen molar-refractivity contribution >= 4 is 23.5 Å². The summed E-state index contributed by atoms with van der Waals surface area (Å²) >= 11 is 0. The summed E-state index contributed by atoms with van der Waals surface area (Å²) in [4.78, 5) is 51.7. The Bertz CT molecular complexity index is 1340. The fourth-order valence-corrected chi connectivity index (χ4v) is 4.12. The number of ether oxygens (including phenoxy) is 1.